The van der Waals surface area contributed by atoms with Gasteiger partial charge in [0.1, 0.15) is 5.69 Å². The molecular formula is C21H17F4N3O3S. The molecular weight excluding hydrogens is 450 g/mol. The van der Waals surface area contributed by atoms with E-state index in [-0.39, 0.29) is 11.4 Å². The molecule has 0 fully saturated rings. The predicted molar refractivity (Wildman–Crippen MR) is 110 cm³/mol. The third kappa shape index (κ3) is 4.96. The summed E-state index contributed by atoms with van der Waals surface area (Å²) in [6.07, 6.45) is 3.64. The van der Waals surface area contributed by atoms with Gasteiger partial charge in [-0.3, -0.25) is 9.78 Å². The molecule has 0 saturated heterocycles. The summed E-state index contributed by atoms with van der Waals surface area (Å²) in [4.78, 5) is 16.8. The summed E-state index contributed by atoms with van der Waals surface area (Å²) in [6.45, 7) is 2.90. The Morgan fingerprint density at radius 1 is 1.28 bits per heavy atom. The first-order chi connectivity index (χ1) is 14.9. The number of rotatable bonds is 6. The second-order valence-corrected chi connectivity index (χ2v) is 8.12. The molecule has 0 spiro atoms. The first kappa shape index (κ1) is 23.4. The van der Waals surface area contributed by atoms with Crippen molar-refractivity contribution in [1.29, 1.82) is 0 Å². The van der Waals surface area contributed by atoms with E-state index < -0.39 is 34.6 Å². The van der Waals surface area contributed by atoms with E-state index in [1.54, 1.807) is 12.3 Å². The van der Waals surface area contributed by atoms with E-state index in [0.29, 0.717) is 22.5 Å². The number of aromatic nitrogens is 2. The van der Waals surface area contributed by atoms with Gasteiger partial charge >= 0.3 is 6.18 Å². The van der Waals surface area contributed by atoms with E-state index in [0.717, 1.165) is 17.8 Å². The number of nitrogens with one attached hydrogen (secondary N) is 1. The first-order valence-electron chi connectivity index (χ1n) is 9.06. The van der Waals surface area contributed by atoms with Gasteiger partial charge in [0.25, 0.3) is 5.91 Å². The maximum Gasteiger partial charge on any atom is 0.452 e. The van der Waals surface area contributed by atoms with Crippen molar-refractivity contribution in [2.75, 3.05) is 6.26 Å². The number of halogens is 4. The van der Waals surface area contributed by atoms with E-state index in [2.05, 4.69) is 25.9 Å². The summed E-state index contributed by atoms with van der Waals surface area (Å²) in [5.74, 6) is -0.507. The summed E-state index contributed by atoms with van der Waals surface area (Å²) in [6, 6.07) is 4.84. The van der Waals surface area contributed by atoms with Crippen molar-refractivity contribution < 1.29 is 31.6 Å². The van der Waals surface area contributed by atoms with Crippen LogP contribution in [0.25, 0.3) is 10.9 Å². The standard InChI is InChI=1S/C21H17F4N3O3S/c1-5-11-6-12-7-15(13(22)8-14(12)26-10-11)30-19(32-4)18(29)27-20(2,3)16-9-17(31-28-16)21(23,24)25/h1,6-10,19H,2-4H3,(H,27,29). The maximum absolute atomic E-state index is 14.5. The lowest BCUT2D eigenvalue weighted by Crippen LogP contribution is -2.46. The largest absolute Gasteiger partial charge is 0.467 e. The first-order valence-corrected chi connectivity index (χ1v) is 10.3. The van der Waals surface area contributed by atoms with Gasteiger partial charge in [0.15, 0.2) is 11.6 Å². The molecule has 1 N–H and O–H groups in total. The summed E-state index contributed by atoms with van der Waals surface area (Å²) in [5, 5.41) is 6.46. The molecule has 1 atom stereocenters. The van der Waals surface area contributed by atoms with Gasteiger partial charge in [-0.2, -0.15) is 13.2 Å². The zero-order chi connectivity index (χ0) is 23.7. The van der Waals surface area contributed by atoms with E-state index in [1.165, 1.54) is 26.1 Å². The number of nitrogens with zero attached hydrogens (tertiary/aromatic N) is 2. The van der Waals surface area contributed by atoms with E-state index in [9.17, 15) is 22.4 Å². The SMILES string of the molecule is C#Cc1cnc2cc(F)c(OC(SC)C(=O)NC(C)(C)c3cc(C(F)(F)F)on3)cc2c1. The van der Waals surface area contributed by atoms with Crippen LogP contribution in [0.4, 0.5) is 17.6 Å². The highest BCUT2D eigenvalue weighted by molar-refractivity contribution is 7.99. The van der Waals surface area contributed by atoms with Gasteiger partial charge in [0.05, 0.1) is 11.1 Å². The van der Waals surface area contributed by atoms with Crippen molar-refractivity contribution in [3.63, 3.8) is 0 Å². The van der Waals surface area contributed by atoms with Crippen molar-refractivity contribution >= 4 is 28.6 Å². The van der Waals surface area contributed by atoms with Gasteiger partial charge in [0.2, 0.25) is 11.2 Å². The monoisotopic (exact) mass is 467 g/mol. The van der Waals surface area contributed by atoms with Crippen molar-refractivity contribution in [2.24, 2.45) is 0 Å². The van der Waals surface area contributed by atoms with Crippen LogP contribution in [0.1, 0.15) is 30.9 Å². The van der Waals surface area contributed by atoms with Gasteiger partial charge in [-0.25, -0.2) is 4.39 Å². The van der Waals surface area contributed by atoms with E-state index in [1.807, 2.05) is 0 Å². The Balaban J connectivity index is 1.81. The number of amides is 1. The molecule has 0 aliphatic heterocycles. The van der Waals surface area contributed by atoms with Gasteiger partial charge in [-0.05, 0) is 32.2 Å². The summed E-state index contributed by atoms with van der Waals surface area (Å²) < 4.78 is 62.7. The molecule has 0 saturated carbocycles. The molecule has 0 bridgehead atoms. The molecule has 32 heavy (non-hydrogen) atoms. The van der Waals surface area contributed by atoms with Crippen LogP contribution < -0.4 is 10.1 Å². The lowest BCUT2D eigenvalue weighted by atomic mass is 10.0. The minimum absolute atomic E-state index is 0.136. The average molecular weight is 467 g/mol. The van der Waals surface area contributed by atoms with Crippen LogP contribution in [0, 0.1) is 18.2 Å². The number of ether oxygens (including phenoxy) is 1. The Kier molecular flexibility index (Phi) is 6.37. The number of alkyl halides is 3. The van der Waals surface area contributed by atoms with Crippen LogP contribution >= 0.6 is 11.8 Å². The molecule has 3 aromatic rings. The molecule has 1 amide bonds. The van der Waals surface area contributed by atoms with Crippen molar-refractivity contribution in [3.8, 4) is 18.1 Å². The number of fused-ring (bicyclic) bond motifs is 1. The van der Waals surface area contributed by atoms with Crippen molar-refractivity contribution in [1.82, 2.24) is 15.5 Å². The topological polar surface area (TPSA) is 77.2 Å². The fourth-order valence-electron chi connectivity index (χ4n) is 2.76. The Bertz CT molecular complexity index is 1200. The Labute approximate surface area is 184 Å². The highest BCUT2D eigenvalue weighted by Crippen LogP contribution is 2.32. The van der Waals surface area contributed by atoms with Gasteiger partial charge < -0.3 is 14.6 Å². The molecule has 2 heterocycles. The number of hydrogen-bond donors (Lipinski definition) is 1. The van der Waals surface area contributed by atoms with Gasteiger partial charge in [0, 0.05) is 29.3 Å². The number of thioether (sulfide) groups is 1. The smallest absolute Gasteiger partial charge is 0.452 e. The number of hydrogen-bond acceptors (Lipinski definition) is 6. The number of terminal acetylenes is 1. The molecule has 1 aromatic carbocycles. The zero-order valence-electron chi connectivity index (χ0n) is 17.1. The Morgan fingerprint density at radius 2 is 2.00 bits per heavy atom. The van der Waals surface area contributed by atoms with Crippen LogP contribution in [0.2, 0.25) is 0 Å². The highest BCUT2D eigenvalue weighted by Gasteiger charge is 2.39. The second kappa shape index (κ2) is 8.70. The fraction of sp³-hybridized carbons (Fsp3) is 0.286. The quantitative estimate of drug-likeness (QED) is 0.327. The van der Waals surface area contributed by atoms with Crippen molar-refractivity contribution in [3.05, 3.63) is 53.3 Å². The van der Waals surface area contributed by atoms with E-state index in [4.69, 9.17) is 11.2 Å². The van der Waals surface area contributed by atoms with Gasteiger partial charge in [-0.15, -0.1) is 18.2 Å². The molecule has 6 nitrogen and oxygen atoms in total. The average Bonchev–Trinajstić information content (AvgIpc) is 3.23. The van der Waals surface area contributed by atoms with Crippen LogP contribution in [0.15, 0.2) is 35.0 Å². The minimum atomic E-state index is -4.71. The summed E-state index contributed by atoms with van der Waals surface area (Å²) in [5.41, 5.74) is -1.83. The third-order valence-electron chi connectivity index (χ3n) is 4.43. The number of pyridine rings is 1. The second-order valence-electron chi connectivity index (χ2n) is 7.22. The Morgan fingerprint density at radius 3 is 2.59 bits per heavy atom. The fourth-order valence-corrected chi connectivity index (χ4v) is 3.23. The third-order valence-corrected chi connectivity index (χ3v) is 5.17. The molecule has 3 rings (SSSR count). The zero-order valence-corrected chi connectivity index (χ0v) is 17.9. The molecule has 0 radical (unpaired) electrons. The molecule has 2 aromatic heterocycles. The normalized spacial score (nSPS) is 12.9. The van der Waals surface area contributed by atoms with Crippen LogP contribution in [-0.2, 0) is 16.5 Å². The lowest BCUT2D eigenvalue weighted by Gasteiger charge is -2.26. The summed E-state index contributed by atoms with van der Waals surface area (Å²) in [7, 11) is 0. The minimum Gasteiger partial charge on any atom is -0.467 e. The highest BCUT2D eigenvalue weighted by atomic mass is 32.2. The van der Waals surface area contributed by atoms with E-state index >= 15 is 0 Å². The predicted octanol–water partition coefficient (Wildman–Crippen LogP) is 4.48. The molecule has 168 valence electrons. The molecule has 0 aliphatic carbocycles. The lowest BCUT2D eigenvalue weighted by molar-refractivity contribution is -0.155. The number of benzene rings is 1. The number of carbonyl (C=O) groups excluding carboxylic acids is 1. The molecule has 0 aliphatic rings. The Hall–Kier alpha value is -3.26. The van der Waals surface area contributed by atoms with Crippen LogP contribution in [0.3, 0.4) is 0 Å². The van der Waals surface area contributed by atoms with Crippen molar-refractivity contribution in [2.45, 2.75) is 31.0 Å². The molecule has 11 heteroatoms. The molecule has 1 unspecified atom stereocenters. The number of carbonyl (C=O) groups is 1. The van der Waals surface area contributed by atoms with Crippen LogP contribution in [-0.4, -0.2) is 27.7 Å². The van der Waals surface area contributed by atoms with Crippen LogP contribution in [0.5, 0.6) is 5.75 Å². The van der Waals surface area contributed by atoms with Gasteiger partial charge in [-0.1, -0.05) is 11.1 Å². The maximum atomic E-state index is 14.5. The summed E-state index contributed by atoms with van der Waals surface area (Å²) >= 11 is 0.967.